The highest BCUT2D eigenvalue weighted by molar-refractivity contribution is 5.15. The van der Waals surface area contributed by atoms with Gasteiger partial charge in [0.1, 0.15) is 0 Å². The third-order valence-corrected chi connectivity index (χ3v) is 2.52. The predicted octanol–water partition coefficient (Wildman–Crippen LogP) is 0.470. The number of hydrogen-bond acceptors (Lipinski definition) is 4. The van der Waals surface area contributed by atoms with Crippen LogP contribution in [0.2, 0.25) is 0 Å². The van der Waals surface area contributed by atoms with E-state index >= 15 is 0 Å². The van der Waals surface area contributed by atoms with Crippen LogP contribution in [-0.4, -0.2) is 24.8 Å². The molecule has 2 aromatic heterocycles. The SMILES string of the molecule is CCC(N)c1ccn(Cc2nnn(C)n2)c1. The van der Waals surface area contributed by atoms with E-state index < -0.39 is 0 Å². The summed E-state index contributed by atoms with van der Waals surface area (Å²) < 4.78 is 2.02. The highest BCUT2D eigenvalue weighted by Crippen LogP contribution is 2.13. The Balaban J connectivity index is 2.08. The van der Waals surface area contributed by atoms with Crippen molar-refractivity contribution < 1.29 is 0 Å². The molecule has 6 nitrogen and oxygen atoms in total. The standard InChI is InChI=1S/C10H16N6/c1-3-9(11)8-4-5-16(6-8)7-10-12-14-15(2)13-10/h4-6,9H,3,7,11H2,1-2H3. The lowest BCUT2D eigenvalue weighted by atomic mass is 10.1. The quantitative estimate of drug-likeness (QED) is 0.812. The van der Waals surface area contributed by atoms with E-state index in [1.807, 2.05) is 23.0 Å². The first-order valence-electron chi connectivity index (χ1n) is 5.33. The van der Waals surface area contributed by atoms with Crippen molar-refractivity contribution >= 4 is 0 Å². The van der Waals surface area contributed by atoms with Gasteiger partial charge in [-0.05, 0) is 23.3 Å². The first-order chi connectivity index (χ1) is 7.69. The van der Waals surface area contributed by atoms with E-state index in [4.69, 9.17) is 5.73 Å². The van der Waals surface area contributed by atoms with Gasteiger partial charge in [0.25, 0.3) is 0 Å². The molecule has 16 heavy (non-hydrogen) atoms. The van der Waals surface area contributed by atoms with Gasteiger partial charge in [-0.3, -0.25) is 0 Å². The highest BCUT2D eigenvalue weighted by atomic mass is 15.6. The molecule has 0 aliphatic heterocycles. The van der Waals surface area contributed by atoms with Gasteiger partial charge in [-0.2, -0.15) is 4.80 Å². The van der Waals surface area contributed by atoms with Gasteiger partial charge in [0.2, 0.25) is 0 Å². The lowest BCUT2D eigenvalue weighted by Crippen LogP contribution is -2.07. The number of rotatable bonds is 4. The first kappa shape index (κ1) is 10.8. The molecule has 2 aromatic rings. The van der Waals surface area contributed by atoms with Crippen molar-refractivity contribution in [1.82, 2.24) is 24.8 Å². The minimum Gasteiger partial charge on any atom is -0.346 e. The van der Waals surface area contributed by atoms with Crippen LogP contribution in [0.1, 0.15) is 30.8 Å². The maximum atomic E-state index is 5.94. The summed E-state index contributed by atoms with van der Waals surface area (Å²) >= 11 is 0. The van der Waals surface area contributed by atoms with Crippen molar-refractivity contribution in [2.75, 3.05) is 0 Å². The van der Waals surface area contributed by atoms with Gasteiger partial charge in [0.05, 0.1) is 13.6 Å². The lowest BCUT2D eigenvalue weighted by molar-refractivity contribution is 0.625. The zero-order valence-electron chi connectivity index (χ0n) is 9.54. The van der Waals surface area contributed by atoms with E-state index in [1.165, 1.54) is 4.80 Å². The second-order valence-corrected chi connectivity index (χ2v) is 3.83. The van der Waals surface area contributed by atoms with Crippen LogP contribution in [0.5, 0.6) is 0 Å². The first-order valence-corrected chi connectivity index (χ1v) is 5.33. The summed E-state index contributed by atoms with van der Waals surface area (Å²) in [6, 6.07) is 2.14. The molecule has 2 N–H and O–H groups in total. The number of nitrogens with two attached hydrogens (primary N) is 1. The Labute approximate surface area is 94.1 Å². The fraction of sp³-hybridized carbons (Fsp3) is 0.500. The van der Waals surface area contributed by atoms with Gasteiger partial charge in [0, 0.05) is 18.4 Å². The van der Waals surface area contributed by atoms with Crippen molar-refractivity contribution in [3.05, 3.63) is 29.8 Å². The van der Waals surface area contributed by atoms with E-state index in [1.54, 1.807) is 7.05 Å². The van der Waals surface area contributed by atoms with Crippen molar-refractivity contribution in [2.24, 2.45) is 12.8 Å². The van der Waals surface area contributed by atoms with Gasteiger partial charge < -0.3 is 10.3 Å². The molecule has 0 bridgehead atoms. The molecule has 0 aromatic carbocycles. The summed E-state index contributed by atoms with van der Waals surface area (Å²) in [6.45, 7) is 2.70. The van der Waals surface area contributed by atoms with Crippen LogP contribution < -0.4 is 5.73 Å². The van der Waals surface area contributed by atoms with E-state index in [9.17, 15) is 0 Å². The molecule has 0 aliphatic rings. The van der Waals surface area contributed by atoms with Crippen LogP contribution in [0.4, 0.5) is 0 Å². The van der Waals surface area contributed by atoms with Crippen LogP contribution >= 0.6 is 0 Å². The van der Waals surface area contributed by atoms with E-state index in [2.05, 4.69) is 22.3 Å². The predicted molar refractivity (Wildman–Crippen MR) is 59.6 cm³/mol. The topological polar surface area (TPSA) is 74.6 Å². The molecule has 0 saturated heterocycles. The summed E-state index contributed by atoms with van der Waals surface area (Å²) in [5.74, 6) is 0.703. The fourth-order valence-corrected chi connectivity index (χ4v) is 1.56. The van der Waals surface area contributed by atoms with Crippen LogP contribution in [0.3, 0.4) is 0 Å². The number of tetrazole rings is 1. The Morgan fingerprint density at radius 3 is 2.94 bits per heavy atom. The molecule has 2 heterocycles. The molecule has 0 amide bonds. The maximum Gasteiger partial charge on any atom is 0.194 e. The van der Waals surface area contributed by atoms with E-state index in [0.29, 0.717) is 12.4 Å². The Morgan fingerprint density at radius 1 is 1.50 bits per heavy atom. The average molecular weight is 220 g/mol. The van der Waals surface area contributed by atoms with Crippen LogP contribution in [-0.2, 0) is 13.6 Å². The Bertz CT molecular complexity index is 457. The molecule has 6 heteroatoms. The zero-order chi connectivity index (χ0) is 11.5. The number of aryl methyl sites for hydroxylation is 1. The minimum absolute atomic E-state index is 0.107. The summed E-state index contributed by atoms with van der Waals surface area (Å²) in [5.41, 5.74) is 7.09. The van der Waals surface area contributed by atoms with Crippen molar-refractivity contribution in [3.63, 3.8) is 0 Å². The van der Waals surface area contributed by atoms with Crippen LogP contribution in [0, 0.1) is 0 Å². The third-order valence-electron chi connectivity index (χ3n) is 2.52. The zero-order valence-corrected chi connectivity index (χ0v) is 9.54. The largest absolute Gasteiger partial charge is 0.346 e. The molecular formula is C10H16N6. The van der Waals surface area contributed by atoms with Gasteiger partial charge in [-0.15, -0.1) is 10.2 Å². The second-order valence-electron chi connectivity index (χ2n) is 3.83. The number of hydrogen-bond donors (Lipinski definition) is 1. The summed E-state index contributed by atoms with van der Waals surface area (Å²) in [5, 5.41) is 11.8. The molecule has 0 fully saturated rings. The molecule has 0 aliphatic carbocycles. The molecule has 0 spiro atoms. The van der Waals surface area contributed by atoms with Crippen molar-refractivity contribution in [1.29, 1.82) is 0 Å². The van der Waals surface area contributed by atoms with Gasteiger partial charge in [0.15, 0.2) is 5.82 Å². The maximum absolute atomic E-state index is 5.94. The van der Waals surface area contributed by atoms with Crippen molar-refractivity contribution in [2.45, 2.75) is 25.9 Å². The molecule has 86 valence electrons. The second kappa shape index (κ2) is 4.44. The lowest BCUT2D eigenvalue weighted by Gasteiger charge is -2.04. The molecule has 1 unspecified atom stereocenters. The van der Waals surface area contributed by atoms with Crippen LogP contribution in [0.25, 0.3) is 0 Å². The smallest absolute Gasteiger partial charge is 0.194 e. The minimum atomic E-state index is 0.107. The normalized spacial score (nSPS) is 12.9. The van der Waals surface area contributed by atoms with Crippen molar-refractivity contribution in [3.8, 4) is 0 Å². The van der Waals surface area contributed by atoms with Gasteiger partial charge in [-0.25, -0.2) is 0 Å². The Kier molecular flexibility index (Phi) is 3.00. The molecule has 2 rings (SSSR count). The average Bonchev–Trinajstić information content (AvgIpc) is 2.87. The number of nitrogens with zero attached hydrogens (tertiary/aromatic N) is 5. The Hall–Kier alpha value is -1.69. The molecule has 1 atom stereocenters. The van der Waals surface area contributed by atoms with E-state index in [0.717, 1.165) is 12.0 Å². The fourth-order valence-electron chi connectivity index (χ4n) is 1.56. The monoisotopic (exact) mass is 220 g/mol. The van der Waals surface area contributed by atoms with Gasteiger partial charge in [-0.1, -0.05) is 6.92 Å². The molecular weight excluding hydrogens is 204 g/mol. The van der Waals surface area contributed by atoms with Gasteiger partial charge >= 0.3 is 0 Å². The summed E-state index contributed by atoms with van der Waals surface area (Å²) in [6.07, 6.45) is 4.96. The number of aromatic nitrogens is 5. The molecule has 0 radical (unpaired) electrons. The third kappa shape index (κ3) is 2.27. The summed E-state index contributed by atoms with van der Waals surface area (Å²) in [4.78, 5) is 1.46. The Morgan fingerprint density at radius 2 is 2.31 bits per heavy atom. The highest BCUT2D eigenvalue weighted by Gasteiger charge is 2.06. The summed E-state index contributed by atoms with van der Waals surface area (Å²) in [7, 11) is 1.75. The molecule has 0 saturated carbocycles. The van der Waals surface area contributed by atoms with E-state index in [-0.39, 0.29) is 6.04 Å². The van der Waals surface area contributed by atoms with Crippen LogP contribution in [0.15, 0.2) is 18.5 Å².